The number of ketones is 1. The number of nitrogens with two attached hydrogens (primary N) is 1. The van der Waals surface area contributed by atoms with E-state index in [0.29, 0.717) is 12.5 Å². The molecule has 100 valence electrons. The van der Waals surface area contributed by atoms with E-state index in [1.54, 1.807) is 6.20 Å². The van der Waals surface area contributed by atoms with Crippen molar-refractivity contribution in [1.82, 2.24) is 9.78 Å². The van der Waals surface area contributed by atoms with Gasteiger partial charge in [-0.05, 0) is 45.2 Å². The molecule has 0 saturated heterocycles. The van der Waals surface area contributed by atoms with Gasteiger partial charge in [-0.2, -0.15) is 5.10 Å². The van der Waals surface area contributed by atoms with Crippen LogP contribution in [0.5, 0.6) is 0 Å². The second kappa shape index (κ2) is 5.65. The van der Waals surface area contributed by atoms with E-state index in [9.17, 15) is 4.79 Å². The van der Waals surface area contributed by atoms with Crippen molar-refractivity contribution in [2.45, 2.75) is 45.6 Å². The van der Waals surface area contributed by atoms with Gasteiger partial charge in [-0.25, -0.2) is 0 Å². The van der Waals surface area contributed by atoms with E-state index in [1.165, 1.54) is 6.42 Å². The van der Waals surface area contributed by atoms with Crippen molar-refractivity contribution < 1.29 is 4.79 Å². The fraction of sp³-hybridized carbons (Fsp3) is 0.714. The van der Waals surface area contributed by atoms with Crippen molar-refractivity contribution >= 4 is 5.78 Å². The predicted molar refractivity (Wildman–Crippen MR) is 71.4 cm³/mol. The monoisotopic (exact) mass is 249 g/mol. The van der Waals surface area contributed by atoms with Crippen LogP contribution in [0.15, 0.2) is 12.3 Å². The number of aromatic nitrogens is 2. The van der Waals surface area contributed by atoms with Crippen molar-refractivity contribution in [3.8, 4) is 0 Å². The lowest BCUT2D eigenvalue weighted by atomic mass is 9.76. The molecular weight excluding hydrogens is 226 g/mol. The van der Waals surface area contributed by atoms with E-state index in [1.807, 2.05) is 24.6 Å². The van der Waals surface area contributed by atoms with Crippen LogP contribution in [0.4, 0.5) is 0 Å². The molecule has 0 radical (unpaired) electrons. The van der Waals surface area contributed by atoms with Gasteiger partial charge in [-0.3, -0.25) is 9.48 Å². The summed E-state index contributed by atoms with van der Waals surface area (Å²) >= 11 is 0. The Hall–Kier alpha value is -1.16. The summed E-state index contributed by atoms with van der Waals surface area (Å²) in [5.41, 5.74) is 6.55. The molecule has 1 heterocycles. The molecule has 2 rings (SSSR count). The normalized spacial score (nSPS) is 24.4. The summed E-state index contributed by atoms with van der Waals surface area (Å²) in [6.07, 6.45) is 6.12. The van der Waals surface area contributed by atoms with E-state index >= 15 is 0 Å². The summed E-state index contributed by atoms with van der Waals surface area (Å²) in [6, 6.07) is 2.06. The zero-order valence-corrected chi connectivity index (χ0v) is 11.3. The highest BCUT2D eigenvalue weighted by Crippen LogP contribution is 2.32. The first kappa shape index (κ1) is 13.3. The summed E-state index contributed by atoms with van der Waals surface area (Å²) in [6.45, 7) is 4.71. The molecule has 4 nitrogen and oxygen atoms in total. The topological polar surface area (TPSA) is 60.9 Å². The van der Waals surface area contributed by atoms with Crippen LogP contribution in [0.1, 0.15) is 56.1 Å². The lowest BCUT2D eigenvalue weighted by Crippen LogP contribution is -2.33. The van der Waals surface area contributed by atoms with E-state index < -0.39 is 0 Å². The molecule has 1 aliphatic rings. The van der Waals surface area contributed by atoms with Crippen LogP contribution in [0.3, 0.4) is 0 Å². The molecule has 1 aromatic rings. The standard InChI is InChI=1S/C14H23N3O/c1-10(2)17-13(7-8-16-17)14(18)12-6-4-3-5-11(12)9-15/h7-8,10-12H,3-6,9,15H2,1-2H3. The predicted octanol–water partition coefficient (Wildman–Crippen LogP) is 2.41. The fourth-order valence-corrected chi connectivity index (χ4v) is 2.95. The van der Waals surface area contributed by atoms with Gasteiger partial charge in [0.25, 0.3) is 0 Å². The number of nitrogens with zero attached hydrogens (tertiary/aromatic N) is 2. The van der Waals surface area contributed by atoms with Crippen LogP contribution in [0, 0.1) is 11.8 Å². The average molecular weight is 249 g/mol. The molecule has 0 amide bonds. The number of rotatable bonds is 4. The summed E-state index contributed by atoms with van der Waals surface area (Å²) in [7, 11) is 0. The summed E-state index contributed by atoms with van der Waals surface area (Å²) in [5, 5.41) is 4.25. The van der Waals surface area contributed by atoms with Crippen molar-refractivity contribution in [2.75, 3.05) is 6.54 Å². The number of hydrogen-bond donors (Lipinski definition) is 1. The Morgan fingerprint density at radius 2 is 2.22 bits per heavy atom. The van der Waals surface area contributed by atoms with Crippen molar-refractivity contribution in [3.05, 3.63) is 18.0 Å². The Morgan fingerprint density at radius 3 is 2.89 bits per heavy atom. The second-order valence-electron chi connectivity index (χ2n) is 5.51. The molecular formula is C14H23N3O. The highest BCUT2D eigenvalue weighted by molar-refractivity contribution is 5.96. The molecule has 0 spiro atoms. The van der Waals surface area contributed by atoms with Gasteiger partial charge in [0.15, 0.2) is 5.78 Å². The van der Waals surface area contributed by atoms with Crippen LogP contribution in [-0.2, 0) is 0 Å². The molecule has 2 unspecified atom stereocenters. The number of hydrogen-bond acceptors (Lipinski definition) is 3. The Labute approximate surface area is 109 Å². The van der Waals surface area contributed by atoms with Gasteiger partial charge in [0, 0.05) is 18.2 Å². The zero-order valence-electron chi connectivity index (χ0n) is 11.3. The van der Waals surface area contributed by atoms with Gasteiger partial charge in [0.2, 0.25) is 0 Å². The minimum Gasteiger partial charge on any atom is -0.330 e. The van der Waals surface area contributed by atoms with Crippen molar-refractivity contribution in [3.63, 3.8) is 0 Å². The Balaban J connectivity index is 2.21. The lowest BCUT2D eigenvalue weighted by Gasteiger charge is -2.29. The number of carbonyl (C=O) groups is 1. The molecule has 1 aliphatic carbocycles. The quantitative estimate of drug-likeness (QED) is 0.834. The van der Waals surface area contributed by atoms with Gasteiger partial charge in [0.1, 0.15) is 5.69 Å². The van der Waals surface area contributed by atoms with Crippen LogP contribution >= 0.6 is 0 Å². The first-order chi connectivity index (χ1) is 8.65. The largest absolute Gasteiger partial charge is 0.330 e. The smallest absolute Gasteiger partial charge is 0.184 e. The van der Waals surface area contributed by atoms with Gasteiger partial charge in [-0.1, -0.05) is 12.8 Å². The summed E-state index contributed by atoms with van der Waals surface area (Å²) < 4.78 is 1.82. The first-order valence-corrected chi connectivity index (χ1v) is 6.93. The summed E-state index contributed by atoms with van der Waals surface area (Å²) in [4.78, 5) is 12.6. The zero-order chi connectivity index (χ0) is 13.1. The number of Topliss-reactive ketones (excluding diaryl/α,β-unsaturated/α-hetero) is 1. The van der Waals surface area contributed by atoms with E-state index in [0.717, 1.165) is 25.0 Å². The lowest BCUT2D eigenvalue weighted by molar-refractivity contribution is 0.0816. The van der Waals surface area contributed by atoms with E-state index in [-0.39, 0.29) is 17.7 Å². The second-order valence-corrected chi connectivity index (χ2v) is 5.51. The van der Waals surface area contributed by atoms with Crippen LogP contribution < -0.4 is 5.73 Å². The molecule has 0 aromatic carbocycles. The molecule has 2 atom stereocenters. The Kier molecular flexibility index (Phi) is 4.17. The van der Waals surface area contributed by atoms with Crippen molar-refractivity contribution in [2.24, 2.45) is 17.6 Å². The van der Waals surface area contributed by atoms with Crippen LogP contribution in [0.25, 0.3) is 0 Å². The maximum atomic E-state index is 12.6. The Bertz CT molecular complexity index is 411. The third kappa shape index (κ3) is 2.48. The van der Waals surface area contributed by atoms with Gasteiger partial charge in [-0.15, -0.1) is 0 Å². The fourth-order valence-electron chi connectivity index (χ4n) is 2.95. The molecule has 4 heteroatoms. The van der Waals surface area contributed by atoms with Gasteiger partial charge >= 0.3 is 0 Å². The van der Waals surface area contributed by atoms with Crippen LogP contribution in [-0.4, -0.2) is 22.1 Å². The molecule has 2 N–H and O–H groups in total. The highest BCUT2D eigenvalue weighted by Gasteiger charge is 2.32. The molecule has 1 saturated carbocycles. The van der Waals surface area contributed by atoms with E-state index in [4.69, 9.17) is 5.73 Å². The molecule has 18 heavy (non-hydrogen) atoms. The molecule has 0 aliphatic heterocycles. The van der Waals surface area contributed by atoms with Gasteiger partial charge < -0.3 is 5.73 Å². The van der Waals surface area contributed by atoms with Gasteiger partial charge in [0.05, 0.1) is 0 Å². The first-order valence-electron chi connectivity index (χ1n) is 6.93. The third-order valence-corrected chi connectivity index (χ3v) is 3.96. The molecule has 0 bridgehead atoms. The van der Waals surface area contributed by atoms with E-state index in [2.05, 4.69) is 5.10 Å². The highest BCUT2D eigenvalue weighted by atomic mass is 16.1. The average Bonchev–Trinajstić information content (AvgIpc) is 2.87. The molecule has 1 aromatic heterocycles. The van der Waals surface area contributed by atoms with Crippen molar-refractivity contribution in [1.29, 1.82) is 0 Å². The SMILES string of the molecule is CC(C)n1nccc1C(=O)C1CCCCC1CN. The molecule has 1 fully saturated rings. The minimum absolute atomic E-state index is 0.0953. The van der Waals surface area contributed by atoms with Crippen LogP contribution in [0.2, 0.25) is 0 Å². The minimum atomic E-state index is 0.0953. The maximum absolute atomic E-state index is 12.6. The number of carbonyl (C=O) groups excluding carboxylic acids is 1. The Morgan fingerprint density at radius 1 is 1.50 bits per heavy atom. The summed E-state index contributed by atoms with van der Waals surface area (Å²) in [5.74, 6) is 0.677. The third-order valence-electron chi connectivity index (χ3n) is 3.96. The maximum Gasteiger partial charge on any atom is 0.184 e.